The van der Waals surface area contributed by atoms with Gasteiger partial charge in [0.2, 0.25) is 5.91 Å². The maximum Gasteiger partial charge on any atom is 0.339 e. The Morgan fingerprint density at radius 1 is 1.41 bits per heavy atom. The first kappa shape index (κ1) is 20.6. The number of fused-ring (bicyclic) bond motifs is 1. The maximum atomic E-state index is 12.1. The molecule has 3 heterocycles. The summed E-state index contributed by atoms with van der Waals surface area (Å²) >= 11 is 0. The molecule has 0 radical (unpaired) electrons. The average molecular weight is 399 g/mol. The molecule has 1 aliphatic heterocycles. The van der Waals surface area contributed by atoms with Crippen molar-refractivity contribution in [2.24, 2.45) is 5.92 Å². The SMILES string of the molecule is COCCOC(=O)c1cnc2c(ccn2N[C@H]2CN(C(=O)CC#N)CC[C@H]2C)c1. The molecular weight excluding hydrogens is 374 g/mol. The minimum absolute atomic E-state index is 0.0301. The average Bonchev–Trinajstić information content (AvgIpc) is 3.12. The molecule has 1 fully saturated rings. The fraction of sp³-hybridized carbons (Fsp3) is 0.500. The fourth-order valence-electron chi connectivity index (χ4n) is 3.36. The lowest BCUT2D eigenvalue weighted by Gasteiger charge is -2.37. The predicted molar refractivity (Wildman–Crippen MR) is 106 cm³/mol. The number of likely N-dealkylation sites (tertiary alicyclic amines) is 1. The highest BCUT2D eigenvalue weighted by atomic mass is 16.6. The van der Waals surface area contributed by atoms with Gasteiger partial charge in [0, 0.05) is 38.0 Å². The molecule has 0 unspecified atom stereocenters. The highest BCUT2D eigenvalue weighted by molar-refractivity contribution is 5.93. The van der Waals surface area contributed by atoms with Gasteiger partial charge in [0.15, 0.2) is 5.65 Å². The van der Waals surface area contributed by atoms with E-state index in [9.17, 15) is 9.59 Å². The van der Waals surface area contributed by atoms with Crippen LogP contribution in [-0.4, -0.2) is 65.9 Å². The third-order valence-corrected chi connectivity index (χ3v) is 5.13. The van der Waals surface area contributed by atoms with E-state index in [1.165, 1.54) is 6.20 Å². The van der Waals surface area contributed by atoms with Crippen LogP contribution >= 0.6 is 0 Å². The van der Waals surface area contributed by atoms with Crippen molar-refractivity contribution in [3.8, 4) is 6.07 Å². The Morgan fingerprint density at radius 2 is 2.24 bits per heavy atom. The maximum absolute atomic E-state index is 12.1. The first-order valence-corrected chi connectivity index (χ1v) is 9.58. The van der Waals surface area contributed by atoms with E-state index in [1.807, 2.05) is 23.0 Å². The molecule has 3 rings (SSSR count). The Morgan fingerprint density at radius 3 is 3.00 bits per heavy atom. The van der Waals surface area contributed by atoms with Crippen LogP contribution in [0.1, 0.15) is 30.1 Å². The lowest BCUT2D eigenvalue weighted by atomic mass is 9.94. The van der Waals surface area contributed by atoms with Gasteiger partial charge in [0.25, 0.3) is 0 Å². The minimum atomic E-state index is -0.440. The molecule has 0 saturated carbocycles. The molecule has 9 heteroatoms. The number of nitriles is 1. The van der Waals surface area contributed by atoms with Crippen LogP contribution in [0.25, 0.3) is 11.0 Å². The zero-order valence-corrected chi connectivity index (χ0v) is 16.6. The Kier molecular flexibility index (Phi) is 6.67. The number of methoxy groups -OCH3 is 1. The highest BCUT2D eigenvalue weighted by Crippen LogP contribution is 2.21. The van der Waals surface area contributed by atoms with Gasteiger partial charge in [-0.2, -0.15) is 5.26 Å². The molecule has 0 aliphatic carbocycles. The van der Waals surface area contributed by atoms with Crippen molar-refractivity contribution in [3.63, 3.8) is 0 Å². The van der Waals surface area contributed by atoms with E-state index in [2.05, 4.69) is 17.3 Å². The number of amides is 1. The lowest BCUT2D eigenvalue weighted by molar-refractivity contribution is -0.131. The van der Waals surface area contributed by atoms with E-state index < -0.39 is 5.97 Å². The van der Waals surface area contributed by atoms with Gasteiger partial charge >= 0.3 is 5.97 Å². The summed E-state index contributed by atoms with van der Waals surface area (Å²) in [7, 11) is 1.54. The smallest absolute Gasteiger partial charge is 0.339 e. The summed E-state index contributed by atoms with van der Waals surface area (Å²) < 4.78 is 11.8. The summed E-state index contributed by atoms with van der Waals surface area (Å²) in [6.45, 7) is 3.87. The van der Waals surface area contributed by atoms with Gasteiger partial charge < -0.3 is 19.8 Å². The van der Waals surface area contributed by atoms with Crippen molar-refractivity contribution < 1.29 is 19.1 Å². The van der Waals surface area contributed by atoms with E-state index in [-0.39, 0.29) is 25.0 Å². The third kappa shape index (κ3) is 4.84. The van der Waals surface area contributed by atoms with Gasteiger partial charge in [-0.05, 0) is 24.5 Å². The van der Waals surface area contributed by atoms with Crippen molar-refractivity contribution in [1.82, 2.24) is 14.6 Å². The van der Waals surface area contributed by atoms with Crippen LogP contribution in [-0.2, 0) is 14.3 Å². The number of piperidine rings is 1. The summed E-state index contributed by atoms with van der Waals surface area (Å²) in [5.41, 5.74) is 4.48. The van der Waals surface area contributed by atoms with Crippen LogP contribution < -0.4 is 5.43 Å². The molecule has 1 N–H and O–H groups in total. The number of nitrogens with one attached hydrogen (secondary N) is 1. The van der Waals surface area contributed by atoms with Crippen LogP contribution in [0.3, 0.4) is 0 Å². The largest absolute Gasteiger partial charge is 0.460 e. The van der Waals surface area contributed by atoms with Gasteiger partial charge in [-0.3, -0.25) is 4.79 Å². The van der Waals surface area contributed by atoms with E-state index in [0.29, 0.717) is 36.8 Å². The summed E-state index contributed by atoms with van der Waals surface area (Å²) in [5.74, 6) is -0.225. The first-order valence-electron chi connectivity index (χ1n) is 9.58. The van der Waals surface area contributed by atoms with Crippen LogP contribution in [0, 0.1) is 17.2 Å². The van der Waals surface area contributed by atoms with Gasteiger partial charge in [-0.15, -0.1) is 0 Å². The van der Waals surface area contributed by atoms with Crippen molar-refractivity contribution in [1.29, 1.82) is 5.26 Å². The topological polar surface area (TPSA) is 109 Å². The summed E-state index contributed by atoms with van der Waals surface area (Å²) in [6.07, 6.45) is 4.10. The summed E-state index contributed by atoms with van der Waals surface area (Å²) in [6, 6.07) is 5.56. The number of nitrogens with zero attached hydrogens (tertiary/aromatic N) is 4. The van der Waals surface area contributed by atoms with Gasteiger partial charge in [-0.1, -0.05) is 6.92 Å². The van der Waals surface area contributed by atoms with Crippen LogP contribution in [0.2, 0.25) is 0 Å². The normalized spacial score (nSPS) is 19.0. The fourth-order valence-corrected chi connectivity index (χ4v) is 3.36. The molecular formula is C20H25N5O4. The van der Waals surface area contributed by atoms with Gasteiger partial charge in [0.1, 0.15) is 13.0 Å². The molecule has 1 saturated heterocycles. The number of ether oxygens (including phenoxy) is 2. The van der Waals surface area contributed by atoms with Crippen molar-refractivity contribution >= 4 is 22.9 Å². The third-order valence-electron chi connectivity index (χ3n) is 5.13. The van der Waals surface area contributed by atoms with Crippen molar-refractivity contribution in [2.45, 2.75) is 25.8 Å². The molecule has 1 aliphatic rings. The number of pyridine rings is 1. The number of hydrogen-bond donors (Lipinski definition) is 1. The second kappa shape index (κ2) is 9.39. The standard InChI is InChI=1S/C20H25N5O4/c1-14-4-7-24(18(26)3-6-21)13-17(14)23-25-8-5-15-11-16(12-22-19(15)25)20(27)29-10-9-28-2/h5,8,11-12,14,17,23H,3-4,7,9-10,13H2,1-2H3/t14-,17+/m1/s1. The van der Waals surface area contributed by atoms with Crippen LogP contribution in [0.4, 0.5) is 0 Å². The monoisotopic (exact) mass is 399 g/mol. The van der Waals surface area contributed by atoms with E-state index in [0.717, 1.165) is 11.8 Å². The Hall–Kier alpha value is -3.12. The molecule has 0 spiro atoms. The quantitative estimate of drug-likeness (QED) is 0.555. The molecule has 2 atom stereocenters. The molecule has 2 aromatic heterocycles. The summed E-state index contributed by atoms with van der Waals surface area (Å²) in [5, 5.41) is 9.57. The number of esters is 1. The summed E-state index contributed by atoms with van der Waals surface area (Å²) in [4.78, 5) is 30.3. The predicted octanol–water partition coefficient (Wildman–Crippen LogP) is 1.53. The first-order chi connectivity index (χ1) is 14.0. The molecule has 29 heavy (non-hydrogen) atoms. The second-order valence-corrected chi connectivity index (χ2v) is 7.13. The molecule has 0 aromatic carbocycles. The zero-order valence-electron chi connectivity index (χ0n) is 16.6. The minimum Gasteiger partial charge on any atom is -0.460 e. The molecule has 154 valence electrons. The molecule has 9 nitrogen and oxygen atoms in total. The molecule has 1 amide bonds. The number of hydrogen-bond acceptors (Lipinski definition) is 7. The molecule has 2 aromatic rings. The number of carbonyl (C=O) groups excluding carboxylic acids is 2. The van der Waals surface area contributed by atoms with E-state index >= 15 is 0 Å². The van der Waals surface area contributed by atoms with E-state index in [1.54, 1.807) is 18.1 Å². The Labute approximate surface area is 169 Å². The number of aromatic nitrogens is 2. The van der Waals surface area contributed by atoms with Gasteiger partial charge in [-0.25, -0.2) is 14.5 Å². The highest BCUT2D eigenvalue weighted by Gasteiger charge is 2.29. The lowest BCUT2D eigenvalue weighted by Crippen LogP contribution is -2.50. The number of carbonyl (C=O) groups is 2. The Bertz CT molecular complexity index is 919. The van der Waals surface area contributed by atoms with E-state index in [4.69, 9.17) is 14.7 Å². The number of rotatable bonds is 7. The second-order valence-electron chi connectivity index (χ2n) is 7.13. The van der Waals surface area contributed by atoms with Crippen LogP contribution in [0.5, 0.6) is 0 Å². The Balaban J connectivity index is 1.71. The van der Waals surface area contributed by atoms with Crippen LogP contribution in [0.15, 0.2) is 24.5 Å². The zero-order chi connectivity index (χ0) is 20.8. The molecule has 0 bridgehead atoms. The van der Waals surface area contributed by atoms with Crippen molar-refractivity contribution in [2.75, 3.05) is 38.8 Å². The van der Waals surface area contributed by atoms with Crippen molar-refractivity contribution in [3.05, 3.63) is 30.1 Å². The van der Waals surface area contributed by atoms with Gasteiger partial charge in [0.05, 0.1) is 24.3 Å².